The number of halogens is 1. The highest BCUT2D eigenvalue weighted by atomic mass is 35.5. The topological polar surface area (TPSA) is 65.7 Å². The van der Waals surface area contributed by atoms with Gasteiger partial charge in [0, 0.05) is 22.6 Å². The molecule has 1 aromatic heterocycles. The summed E-state index contributed by atoms with van der Waals surface area (Å²) in [6.45, 7) is 4.02. The van der Waals surface area contributed by atoms with E-state index < -0.39 is 11.6 Å². The van der Waals surface area contributed by atoms with Gasteiger partial charge in [0.05, 0.1) is 12.2 Å². The highest BCUT2D eigenvalue weighted by Gasteiger charge is 2.15. The van der Waals surface area contributed by atoms with Gasteiger partial charge < -0.3 is 13.9 Å². The lowest BCUT2D eigenvalue weighted by molar-refractivity contribution is -0.138. The van der Waals surface area contributed by atoms with Crippen molar-refractivity contribution in [2.45, 2.75) is 20.5 Å². The number of benzene rings is 2. The molecule has 2 aromatic carbocycles. The van der Waals surface area contributed by atoms with E-state index >= 15 is 0 Å². The zero-order chi connectivity index (χ0) is 20.1. The highest BCUT2D eigenvalue weighted by Crippen LogP contribution is 2.30. The Morgan fingerprint density at radius 2 is 1.93 bits per heavy atom. The number of rotatable bonds is 6. The molecule has 0 aliphatic rings. The fraction of sp³-hybridized carbons (Fsp3) is 0.182. The predicted octanol–water partition coefficient (Wildman–Crippen LogP) is 4.91. The van der Waals surface area contributed by atoms with Gasteiger partial charge in [-0.3, -0.25) is 0 Å². The van der Waals surface area contributed by atoms with Crippen molar-refractivity contribution in [2.75, 3.05) is 6.61 Å². The molecule has 0 amide bonds. The molecule has 28 heavy (non-hydrogen) atoms. The van der Waals surface area contributed by atoms with E-state index in [1.165, 1.54) is 12.1 Å². The van der Waals surface area contributed by atoms with Crippen LogP contribution in [-0.4, -0.2) is 12.6 Å². The van der Waals surface area contributed by atoms with E-state index in [2.05, 4.69) is 0 Å². The fourth-order valence-electron chi connectivity index (χ4n) is 2.78. The van der Waals surface area contributed by atoms with Crippen LogP contribution in [-0.2, 0) is 16.1 Å². The molecule has 144 valence electrons. The van der Waals surface area contributed by atoms with Crippen LogP contribution in [0.1, 0.15) is 23.6 Å². The van der Waals surface area contributed by atoms with Crippen LogP contribution in [0.25, 0.3) is 17.0 Å². The number of hydrogen-bond donors (Lipinski definition) is 0. The summed E-state index contributed by atoms with van der Waals surface area (Å²) < 4.78 is 16.3. The molecule has 6 heteroatoms. The number of carbonyl (C=O) groups is 1. The van der Waals surface area contributed by atoms with E-state index in [-0.39, 0.29) is 6.61 Å². The Morgan fingerprint density at radius 3 is 2.64 bits per heavy atom. The van der Waals surface area contributed by atoms with Gasteiger partial charge in [0.25, 0.3) is 0 Å². The number of fused-ring (bicyclic) bond motifs is 1. The lowest BCUT2D eigenvalue weighted by Gasteiger charge is -2.13. The molecule has 0 bridgehead atoms. The molecule has 0 aliphatic heterocycles. The minimum atomic E-state index is -0.524. The Hall–Kier alpha value is -3.05. The van der Waals surface area contributed by atoms with Crippen LogP contribution < -0.4 is 10.4 Å². The summed E-state index contributed by atoms with van der Waals surface area (Å²) in [5.41, 5.74) is 2.03. The van der Waals surface area contributed by atoms with Gasteiger partial charge in [-0.1, -0.05) is 23.7 Å². The van der Waals surface area contributed by atoms with Gasteiger partial charge in [-0.15, -0.1) is 0 Å². The lowest BCUT2D eigenvalue weighted by Crippen LogP contribution is -2.06. The fourth-order valence-corrected chi connectivity index (χ4v) is 2.90. The molecule has 3 rings (SSSR count). The normalized spacial score (nSPS) is 11.1. The Balaban J connectivity index is 1.84. The molecule has 0 aliphatic carbocycles. The van der Waals surface area contributed by atoms with Crippen molar-refractivity contribution in [1.82, 2.24) is 0 Å². The van der Waals surface area contributed by atoms with E-state index in [0.717, 1.165) is 16.5 Å². The maximum atomic E-state index is 12.1. The minimum absolute atomic E-state index is 0.0805. The van der Waals surface area contributed by atoms with E-state index in [4.69, 9.17) is 25.5 Å². The Bertz CT molecular complexity index is 1080. The summed E-state index contributed by atoms with van der Waals surface area (Å²) >= 11 is 5.84. The summed E-state index contributed by atoms with van der Waals surface area (Å²) in [6.07, 6.45) is 2.96. The molecule has 3 aromatic rings. The summed E-state index contributed by atoms with van der Waals surface area (Å²) in [5, 5.41) is 1.39. The summed E-state index contributed by atoms with van der Waals surface area (Å²) in [7, 11) is 0. The van der Waals surface area contributed by atoms with Gasteiger partial charge in [-0.2, -0.15) is 0 Å². The molecule has 5 nitrogen and oxygen atoms in total. The van der Waals surface area contributed by atoms with E-state index in [1.54, 1.807) is 36.4 Å². The first-order chi connectivity index (χ1) is 13.5. The average molecular weight is 399 g/mol. The average Bonchev–Trinajstić information content (AvgIpc) is 2.66. The number of carbonyl (C=O) groups excluding carboxylic acids is 1. The van der Waals surface area contributed by atoms with Crippen molar-refractivity contribution in [1.29, 1.82) is 0 Å². The van der Waals surface area contributed by atoms with Gasteiger partial charge in [-0.25, -0.2) is 9.59 Å². The third kappa shape index (κ3) is 4.61. The second-order valence-electron chi connectivity index (χ2n) is 6.09. The third-order valence-electron chi connectivity index (χ3n) is 4.12. The Labute approximate surface area is 167 Å². The van der Waals surface area contributed by atoms with E-state index in [9.17, 15) is 9.59 Å². The smallest absolute Gasteiger partial charge is 0.336 e. The summed E-state index contributed by atoms with van der Waals surface area (Å²) in [5.74, 6) is -0.0115. The van der Waals surface area contributed by atoms with Crippen molar-refractivity contribution >= 4 is 34.6 Å². The van der Waals surface area contributed by atoms with Crippen LogP contribution in [0.3, 0.4) is 0 Å². The van der Waals surface area contributed by atoms with Crippen molar-refractivity contribution in [2.24, 2.45) is 0 Å². The summed E-state index contributed by atoms with van der Waals surface area (Å²) in [6, 6.07) is 12.1. The van der Waals surface area contributed by atoms with Crippen LogP contribution in [0.4, 0.5) is 0 Å². The van der Waals surface area contributed by atoms with Crippen LogP contribution in [0, 0.1) is 6.92 Å². The molecule has 0 N–H and O–H groups in total. The maximum absolute atomic E-state index is 12.1. The van der Waals surface area contributed by atoms with Crippen molar-refractivity contribution in [3.05, 3.63) is 80.7 Å². The highest BCUT2D eigenvalue weighted by molar-refractivity contribution is 6.30. The van der Waals surface area contributed by atoms with Crippen molar-refractivity contribution in [3.63, 3.8) is 0 Å². The SMILES string of the molecule is CCOc1ccc2c(C)cc(=O)oc2c1COC(=O)/C=C/c1ccc(Cl)cc1. The maximum Gasteiger partial charge on any atom is 0.336 e. The van der Waals surface area contributed by atoms with Gasteiger partial charge >= 0.3 is 11.6 Å². The molecule has 0 atom stereocenters. The van der Waals surface area contributed by atoms with E-state index in [0.29, 0.717) is 28.5 Å². The first-order valence-corrected chi connectivity index (χ1v) is 9.15. The largest absolute Gasteiger partial charge is 0.493 e. The molecule has 0 unspecified atom stereocenters. The minimum Gasteiger partial charge on any atom is -0.493 e. The molecule has 1 heterocycles. The van der Waals surface area contributed by atoms with Crippen LogP contribution in [0.5, 0.6) is 5.75 Å². The van der Waals surface area contributed by atoms with Gasteiger partial charge in [-0.05, 0) is 55.3 Å². The van der Waals surface area contributed by atoms with Crippen LogP contribution >= 0.6 is 11.6 Å². The Morgan fingerprint density at radius 1 is 1.18 bits per heavy atom. The number of aryl methyl sites for hydroxylation is 1. The van der Waals surface area contributed by atoms with Crippen LogP contribution in [0.15, 0.2) is 57.8 Å². The van der Waals surface area contributed by atoms with E-state index in [1.807, 2.05) is 19.9 Å². The lowest BCUT2D eigenvalue weighted by atomic mass is 10.1. The van der Waals surface area contributed by atoms with Crippen LogP contribution in [0.2, 0.25) is 5.02 Å². The summed E-state index contributed by atoms with van der Waals surface area (Å²) in [4.78, 5) is 23.9. The van der Waals surface area contributed by atoms with Gasteiger partial charge in [0.1, 0.15) is 17.9 Å². The van der Waals surface area contributed by atoms with Gasteiger partial charge in [0.15, 0.2) is 0 Å². The van der Waals surface area contributed by atoms with Crippen molar-refractivity contribution < 1.29 is 18.7 Å². The zero-order valence-electron chi connectivity index (χ0n) is 15.5. The monoisotopic (exact) mass is 398 g/mol. The molecule has 0 spiro atoms. The number of hydrogen-bond acceptors (Lipinski definition) is 5. The standard InChI is InChI=1S/C22H19ClO5/c1-3-26-19-10-9-17-14(2)12-21(25)28-22(17)18(19)13-27-20(24)11-6-15-4-7-16(23)8-5-15/h4-12H,3,13H2,1-2H3/b11-6+. The first kappa shape index (κ1) is 19.7. The molecular weight excluding hydrogens is 380 g/mol. The number of ether oxygens (including phenoxy) is 2. The zero-order valence-corrected chi connectivity index (χ0v) is 16.3. The molecule has 0 saturated heterocycles. The third-order valence-corrected chi connectivity index (χ3v) is 4.37. The second-order valence-corrected chi connectivity index (χ2v) is 6.53. The first-order valence-electron chi connectivity index (χ1n) is 8.77. The number of esters is 1. The quantitative estimate of drug-likeness (QED) is 0.335. The van der Waals surface area contributed by atoms with Gasteiger partial charge in [0.2, 0.25) is 0 Å². The predicted molar refractivity (Wildman–Crippen MR) is 109 cm³/mol. The second kappa shape index (κ2) is 8.76. The van der Waals surface area contributed by atoms with Crippen molar-refractivity contribution in [3.8, 4) is 5.75 Å². The molecule has 0 radical (unpaired) electrons. The Kier molecular flexibility index (Phi) is 6.16. The molecule has 0 fully saturated rings. The molecular formula is C22H19ClO5. The molecule has 0 saturated carbocycles.